The van der Waals surface area contributed by atoms with Crippen LogP contribution in [-0.2, 0) is 18.0 Å². The van der Waals surface area contributed by atoms with E-state index >= 15 is 0 Å². The van der Waals surface area contributed by atoms with Gasteiger partial charge in [-0.1, -0.05) is 15.9 Å². The fraction of sp³-hybridized carbons (Fsp3) is 0.174. The van der Waals surface area contributed by atoms with Crippen LogP contribution in [0.4, 0.5) is 0 Å². The van der Waals surface area contributed by atoms with E-state index in [2.05, 4.69) is 15.9 Å². The molecular weight excluding hydrogens is 452 g/mol. The molecule has 0 unspecified atom stereocenters. The number of furan rings is 1. The number of hydrogen-bond donors (Lipinski definition) is 0. The zero-order valence-corrected chi connectivity index (χ0v) is 17.7. The third-order valence-electron chi connectivity index (χ3n) is 4.91. The molecule has 6 nitrogen and oxygen atoms in total. The average Bonchev–Trinajstić information content (AvgIpc) is 3.34. The highest BCUT2D eigenvalue weighted by Crippen LogP contribution is 2.38. The maximum absolute atomic E-state index is 12.7. The van der Waals surface area contributed by atoms with Gasteiger partial charge in [-0.3, -0.25) is 4.79 Å². The Balaban J connectivity index is 1.39. The predicted molar refractivity (Wildman–Crippen MR) is 112 cm³/mol. The number of ketones is 1. The minimum atomic E-state index is -0.167. The lowest BCUT2D eigenvalue weighted by Crippen LogP contribution is -2.14. The van der Waals surface area contributed by atoms with E-state index in [9.17, 15) is 4.79 Å². The Hall–Kier alpha value is -3.03. The fourth-order valence-corrected chi connectivity index (χ4v) is 4.14. The molecule has 0 bridgehead atoms. The molecule has 1 aromatic heterocycles. The number of fused-ring (bicyclic) bond motifs is 2. The molecule has 0 aliphatic carbocycles. The number of rotatable bonds is 4. The van der Waals surface area contributed by atoms with E-state index in [-0.39, 0.29) is 18.3 Å². The van der Waals surface area contributed by atoms with Crippen LogP contribution in [0, 0.1) is 6.92 Å². The normalized spacial score (nSPS) is 16.1. The van der Waals surface area contributed by atoms with Crippen molar-refractivity contribution in [1.29, 1.82) is 0 Å². The van der Waals surface area contributed by atoms with Crippen LogP contribution in [0.2, 0.25) is 0 Å². The molecule has 7 heteroatoms. The number of benzene rings is 2. The van der Waals surface area contributed by atoms with E-state index in [1.165, 1.54) is 0 Å². The standard InChI is InChI=1S/C23H17BrO6/c1-13-5-18(28-11-15-7-16(24)6-14-10-26-12-29-23(14)15)9-19-21(13)22(25)20(30-19)8-17-3-2-4-27-17/h2-9H,10-12H2,1H3/b20-8-. The molecule has 3 aromatic rings. The van der Waals surface area contributed by atoms with Gasteiger partial charge in [-0.25, -0.2) is 0 Å². The SMILES string of the molecule is Cc1cc(OCc2cc(Br)cc3c2OCOC3)cc2c1C(=O)/C(=C/c1ccco1)O2. The largest absolute Gasteiger partial charge is 0.489 e. The van der Waals surface area contributed by atoms with Crippen molar-refractivity contribution in [2.75, 3.05) is 6.79 Å². The molecule has 0 spiro atoms. The lowest BCUT2D eigenvalue weighted by Gasteiger charge is -2.21. The van der Waals surface area contributed by atoms with Crippen LogP contribution in [0.1, 0.15) is 32.8 Å². The van der Waals surface area contributed by atoms with Crippen molar-refractivity contribution in [3.05, 3.63) is 80.9 Å². The van der Waals surface area contributed by atoms with Crippen molar-refractivity contribution in [3.63, 3.8) is 0 Å². The van der Waals surface area contributed by atoms with Crippen molar-refractivity contribution in [2.45, 2.75) is 20.1 Å². The number of Topliss-reactive ketones (excluding diaryl/α,β-unsaturated/α-hetero) is 1. The molecule has 0 atom stereocenters. The molecule has 3 heterocycles. The van der Waals surface area contributed by atoms with E-state index in [0.29, 0.717) is 36.0 Å². The van der Waals surface area contributed by atoms with E-state index < -0.39 is 0 Å². The first-order valence-corrected chi connectivity index (χ1v) is 10.1. The van der Waals surface area contributed by atoms with Gasteiger partial charge in [-0.15, -0.1) is 0 Å². The van der Waals surface area contributed by atoms with Crippen molar-refractivity contribution >= 4 is 27.8 Å². The third-order valence-corrected chi connectivity index (χ3v) is 5.36. The van der Waals surface area contributed by atoms with Gasteiger partial charge in [0, 0.05) is 27.7 Å². The van der Waals surface area contributed by atoms with Gasteiger partial charge < -0.3 is 23.4 Å². The summed E-state index contributed by atoms with van der Waals surface area (Å²) >= 11 is 3.52. The van der Waals surface area contributed by atoms with Crippen molar-refractivity contribution < 1.29 is 28.2 Å². The number of halogens is 1. The fourth-order valence-electron chi connectivity index (χ4n) is 3.59. The predicted octanol–water partition coefficient (Wildman–Crippen LogP) is 5.41. The summed E-state index contributed by atoms with van der Waals surface area (Å²) in [5.74, 6) is 2.50. The molecule has 0 fully saturated rings. The molecule has 152 valence electrons. The molecule has 2 aliphatic heterocycles. The summed E-state index contributed by atoms with van der Waals surface area (Å²) in [6.07, 6.45) is 3.14. The molecule has 30 heavy (non-hydrogen) atoms. The first-order chi connectivity index (χ1) is 14.6. The highest BCUT2D eigenvalue weighted by Gasteiger charge is 2.30. The highest BCUT2D eigenvalue weighted by molar-refractivity contribution is 9.10. The van der Waals surface area contributed by atoms with Gasteiger partial charge in [-0.05, 0) is 42.8 Å². The summed E-state index contributed by atoms with van der Waals surface area (Å²) in [5.41, 5.74) is 3.22. The van der Waals surface area contributed by atoms with Gasteiger partial charge in [0.1, 0.15) is 29.6 Å². The molecule has 2 aromatic carbocycles. The Morgan fingerprint density at radius 3 is 2.97 bits per heavy atom. The van der Waals surface area contributed by atoms with Gasteiger partial charge in [0.2, 0.25) is 5.78 Å². The van der Waals surface area contributed by atoms with Crippen molar-refractivity contribution in [2.24, 2.45) is 0 Å². The second-order valence-electron chi connectivity index (χ2n) is 7.02. The molecule has 0 saturated heterocycles. The lowest BCUT2D eigenvalue weighted by atomic mass is 10.0. The molecule has 5 rings (SSSR count). The van der Waals surface area contributed by atoms with E-state index in [0.717, 1.165) is 26.9 Å². The number of hydrogen-bond acceptors (Lipinski definition) is 6. The average molecular weight is 469 g/mol. The number of aryl methyl sites for hydroxylation is 1. The number of carbonyl (C=O) groups is 1. The summed E-state index contributed by atoms with van der Waals surface area (Å²) < 4.78 is 29.0. The lowest BCUT2D eigenvalue weighted by molar-refractivity contribution is -0.0176. The number of allylic oxidation sites excluding steroid dienone is 1. The van der Waals surface area contributed by atoms with Gasteiger partial charge in [0.05, 0.1) is 18.4 Å². The van der Waals surface area contributed by atoms with Crippen LogP contribution in [-0.4, -0.2) is 12.6 Å². The van der Waals surface area contributed by atoms with Gasteiger partial charge in [0.15, 0.2) is 12.6 Å². The van der Waals surface area contributed by atoms with Crippen LogP contribution in [0.25, 0.3) is 6.08 Å². The second kappa shape index (κ2) is 7.66. The van der Waals surface area contributed by atoms with Crippen LogP contribution in [0.3, 0.4) is 0 Å². The van der Waals surface area contributed by atoms with E-state index in [4.69, 9.17) is 23.4 Å². The van der Waals surface area contributed by atoms with Crippen LogP contribution in [0.15, 0.2) is 57.3 Å². The Bertz CT molecular complexity index is 1160. The first kappa shape index (κ1) is 19.0. The maximum Gasteiger partial charge on any atom is 0.232 e. The molecule has 0 radical (unpaired) electrons. The van der Waals surface area contributed by atoms with Crippen LogP contribution in [0.5, 0.6) is 17.2 Å². The summed E-state index contributed by atoms with van der Waals surface area (Å²) in [4.78, 5) is 12.7. The molecule has 2 aliphatic rings. The van der Waals surface area contributed by atoms with Gasteiger partial charge >= 0.3 is 0 Å². The monoisotopic (exact) mass is 468 g/mol. The van der Waals surface area contributed by atoms with Crippen molar-refractivity contribution in [1.82, 2.24) is 0 Å². The van der Waals surface area contributed by atoms with E-state index in [1.807, 2.05) is 25.1 Å². The van der Waals surface area contributed by atoms with Gasteiger partial charge in [-0.2, -0.15) is 0 Å². The summed E-state index contributed by atoms with van der Waals surface area (Å²) in [7, 11) is 0. The first-order valence-electron chi connectivity index (χ1n) is 9.35. The molecule has 0 saturated carbocycles. The smallest absolute Gasteiger partial charge is 0.232 e. The quantitative estimate of drug-likeness (QED) is 0.476. The summed E-state index contributed by atoms with van der Waals surface area (Å²) in [6, 6.07) is 11.0. The van der Waals surface area contributed by atoms with Crippen LogP contribution >= 0.6 is 15.9 Å². The zero-order chi connectivity index (χ0) is 20.7. The molecule has 0 N–H and O–H groups in total. The van der Waals surface area contributed by atoms with Gasteiger partial charge in [0.25, 0.3) is 0 Å². The van der Waals surface area contributed by atoms with Crippen molar-refractivity contribution in [3.8, 4) is 17.2 Å². The topological polar surface area (TPSA) is 67.1 Å². The molecular formula is C23H17BrO6. The summed E-state index contributed by atoms with van der Waals surface area (Å²) in [6.45, 7) is 2.90. The minimum Gasteiger partial charge on any atom is -0.489 e. The maximum atomic E-state index is 12.7. The van der Waals surface area contributed by atoms with Crippen LogP contribution < -0.4 is 14.2 Å². The Labute approximate surface area is 181 Å². The third kappa shape index (κ3) is 3.51. The zero-order valence-electron chi connectivity index (χ0n) is 16.1. The highest BCUT2D eigenvalue weighted by atomic mass is 79.9. The number of ether oxygens (including phenoxy) is 4. The Morgan fingerprint density at radius 1 is 1.23 bits per heavy atom. The Kier molecular flexibility index (Phi) is 4.84. The molecule has 0 amide bonds. The second-order valence-corrected chi connectivity index (χ2v) is 7.94. The minimum absolute atomic E-state index is 0.167. The van der Waals surface area contributed by atoms with E-state index in [1.54, 1.807) is 30.5 Å². The summed E-state index contributed by atoms with van der Waals surface area (Å²) in [5, 5.41) is 0. The Morgan fingerprint density at radius 2 is 2.13 bits per heavy atom. The number of carbonyl (C=O) groups excluding carboxylic acids is 1.